The summed E-state index contributed by atoms with van der Waals surface area (Å²) in [6, 6.07) is 14.5. The number of hydrogen-bond acceptors (Lipinski definition) is 2. The summed E-state index contributed by atoms with van der Waals surface area (Å²) in [4.78, 5) is 6.61. The second kappa shape index (κ2) is 4.18. The zero-order valence-corrected chi connectivity index (χ0v) is 10.5. The first kappa shape index (κ1) is 10.8. The van der Waals surface area contributed by atoms with E-state index in [9.17, 15) is 0 Å². The fourth-order valence-electron chi connectivity index (χ4n) is 2.08. The van der Waals surface area contributed by atoms with E-state index in [1.165, 1.54) is 5.69 Å². The van der Waals surface area contributed by atoms with E-state index in [-0.39, 0.29) is 0 Å². The van der Waals surface area contributed by atoms with E-state index in [0.29, 0.717) is 0 Å². The fourth-order valence-corrected chi connectivity index (χ4v) is 2.08. The molecule has 0 atom stereocenters. The Hall–Kier alpha value is -2.29. The summed E-state index contributed by atoms with van der Waals surface area (Å²) in [6.07, 6.45) is 3.94. The van der Waals surface area contributed by atoms with E-state index in [2.05, 4.69) is 44.6 Å². The van der Waals surface area contributed by atoms with E-state index in [1.807, 2.05) is 38.6 Å². The SMILES string of the molecule is CN(C)c1cccc(-c2ncc3ccccn23)c1. The van der Waals surface area contributed by atoms with Gasteiger partial charge in [-0.15, -0.1) is 0 Å². The molecule has 0 amide bonds. The largest absolute Gasteiger partial charge is 0.378 e. The number of imidazole rings is 1. The monoisotopic (exact) mass is 237 g/mol. The van der Waals surface area contributed by atoms with Gasteiger partial charge < -0.3 is 4.90 Å². The Morgan fingerprint density at radius 2 is 1.94 bits per heavy atom. The van der Waals surface area contributed by atoms with Gasteiger partial charge in [0.05, 0.1) is 11.7 Å². The molecule has 0 aliphatic rings. The molecule has 0 saturated heterocycles. The van der Waals surface area contributed by atoms with Crippen LogP contribution in [0.3, 0.4) is 0 Å². The summed E-state index contributed by atoms with van der Waals surface area (Å²) in [5, 5.41) is 0. The summed E-state index contributed by atoms with van der Waals surface area (Å²) >= 11 is 0. The molecule has 0 radical (unpaired) electrons. The molecule has 3 rings (SSSR count). The first-order valence-corrected chi connectivity index (χ1v) is 5.95. The Balaban J connectivity index is 2.17. The number of rotatable bonds is 2. The van der Waals surface area contributed by atoms with Crippen molar-refractivity contribution in [2.45, 2.75) is 0 Å². The Morgan fingerprint density at radius 3 is 2.78 bits per heavy atom. The molecule has 0 saturated carbocycles. The number of fused-ring (bicyclic) bond motifs is 1. The lowest BCUT2D eigenvalue weighted by Crippen LogP contribution is -2.08. The second-order valence-electron chi connectivity index (χ2n) is 4.52. The molecule has 0 bridgehead atoms. The van der Waals surface area contributed by atoms with Crippen LogP contribution in [0, 0.1) is 0 Å². The fraction of sp³-hybridized carbons (Fsp3) is 0.133. The van der Waals surface area contributed by atoms with Gasteiger partial charge in [0.15, 0.2) is 0 Å². The van der Waals surface area contributed by atoms with Gasteiger partial charge in [0, 0.05) is 31.5 Å². The minimum absolute atomic E-state index is 0.981. The normalized spacial score (nSPS) is 10.8. The van der Waals surface area contributed by atoms with Gasteiger partial charge in [-0.25, -0.2) is 4.98 Å². The quantitative estimate of drug-likeness (QED) is 0.682. The van der Waals surface area contributed by atoms with Crippen LogP contribution in [0.25, 0.3) is 16.9 Å². The number of anilines is 1. The first-order valence-electron chi connectivity index (χ1n) is 5.95. The van der Waals surface area contributed by atoms with Crippen molar-refractivity contribution in [2.75, 3.05) is 19.0 Å². The molecule has 1 aromatic carbocycles. The first-order chi connectivity index (χ1) is 8.75. The zero-order valence-electron chi connectivity index (χ0n) is 10.5. The summed E-state index contributed by atoms with van der Waals surface area (Å²) < 4.78 is 2.11. The van der Waals surface area contributed by atoms with Crippen LogP contribution in [-0.2, 0) is 0 Å². The molecule has 3 heteroatoms. The van der Waals surface area contributed by atoms with Crippen molar-refractivity contribution >= 4 is 11.2 Å². The van der Waals surface area contributed by atoms with Crippen LogP contribution >= 0.6 is 0 Å². The van der Waals surface area contributed by atoms with E-state index >= 15 is 0 Å². The van der Waals surface area contributed by atoms with Gasteiger partial charge in [-0.05, 0) is 24.3 Å². The van der Waals surface area contributed by atoms with Crippen molar-refractivity contribution in [1.82, 2.24) is 9.38 Å². The Kier molecular flexibility index (Phi) is 2.52. The molecule has 0 spiro atoms. The van der Waals surface area contributed by atoms with Crippen LogP contribution in [0.4, 0.5) is 5.69 Å². The molecule has 0 unspecified atom stereocenters. The lowest BCUT2D eigenvalue weighted by Gasteiger charge is -2.13. The molecule has 2 heterocycles. The van der Waals surface area contributed by atoms with Gasteiger partial charge in [0.2, 0.25) is 0 Å². The number of aromatic nitrogens is 2. The number of nitrogens with zero attached hydrogens (tertiary/aromatic N) is 3. The molecule has 0 fully saturated rings. The highest BCUT2D eigenvalue weighted by molar-refractivity contribution is 5.66. The van der Waals surface area contributed by atoms with Gasteiger partial charge in [-0.2, -0.15) is 0 Å². The van der Waals surface area contributed by atoms with Crippen molar-refractivity contribution in [2.24, 2.45) is 0 Å². The molecule has 3 aromatic rings. The highest BCUT2D eigenvalue weighted by atomic mass is 15.1. The Morgan fingerprint density at radius 1 is 1.06 bits per heavy atom. The van der Waals surface area contributed by atoms with Crippen LogP contribution < -0.4 is 4.90 Å². The Labute approximate surface area is 106 Å². The van der Waals surface area contributed by atoms with Crippen molar-refractivity contribution in [1.29, 1.82) is 0 Å². The van der Waals surface area contributed by atoms with E-state index in [1.54, 1.807) is 0 Å². The summed E-state index contributed by atoms with van der Waals surface area (Å²) in [5.41, 5.74) is 3.43. The van der Waals surface area contributed by atoms with Crippen molar-refractivity contribution < 1.29 is 0 Å². The van der Waals surface area contributed by atoms with Crippen LogP contribution in [0.5, 0.6) is 0 Å². The maximum absolute atomic E-state index is 4.51. The molecular formula is C15H15N3. The van der Waals surface area contributed by atoms with Gasteiger partial charge >= 0.3 is 0 Å². The van der Waals surface area contributed by atoms with Crippen molar-refractivity contribution in [3.63, 3.8) is 0 Å². The molecule has 90 valence electrons. The zero-order chi connectivity index (χ0) is 12.5. The summed E-state index contributed by atoms with van der Waals surface area (Å²) in [6.45, 7) is 0. The molecule has 18 heavy (non-hydrogen) atoms. The van der Waals surface area contributed by atoms with Gasteiger partial charge in [-0.1, -0.05) is 18.2 Å². The molecule has 2 aromatic heterocycles. The highest BCUT2D eigenvalue weighted by Crippen LogP contribution is 2.23. The lowest BCUT2D eigenvalue weighted by molar-refractivity contribution is 1.12. The highest BCUT2D eigenvalue weighted by Gasteiger charge is 2.06. The number of benzene rings is 1. The molecule has 0 aliphatic heterocycles. The minimum Gasteiger partial charge on any atom is -0.378 e. The average Bonchev–Trinajstić information content (AvgIpc) is 2.82. The van der Waals surface area contributed by atoms with Crippen molar-refractivity contribution in [3.05, 3.63) is 54.9 Å². The predicted octanol–water partition coefficient (Wildman–Crippen LogP) is 3.07. The third-order valence-corrected chi connectivity index (χ3v) is 3.06. The summed E-state index contributed by atoms with van der Waals surface area (Å²) in [5.74, 6) is 0.981. The van der Waals surface area contributed by atoms with Crippen LogP contribution in [0.2, 0.25) is 0 Å². The second-order valence-corrected chi connectivity index (χ2v) is 4.52. The maximum Gasteiger partial charge on any atom is 0.144 e. The van der Waals surface area contributed by atoms with Gasteiger partial charge in [0.1, 0.15) is 5.82 Å². The van der Waals surface area contributed by atoms with Gasteiger partial charge in [-0.3, -0.25) is 4.40 Å². The van der Waals surface area contributed by atoms with E-state index < -0.39 is 0 Å². The molecule has 0 N–H and O–H groups in total. The van der Waals surface area contributed by atoms with Crippen LogP contribution in [0.1, 0.15) is 0 Å². The number of pyridine rings is 1. The van der Waals surface area contributed by atoms with Crippen LogP contribution in [0.15, 0.2) is 54.9 Å². The third kappa shape index (κ3) is 1.74. The van der Waals surface area contributed by atoms with Crippen LogP contribution in [-0.4, -0.2) is 23.5 Å². The van der Waals surface area contributed by atoms with E-state index in [0.717, 1.165) is 16.9 Å². The third-order valence-electron chi connectivity index (χ3n) is 3.06. The smallest absolute Gasteiger partial charge is 0.144 e. The maximum atomic E-state index is 4.51. The minimum atomic E-state index is 0.981. The summed E-state index contributed by atoms with van der Waals surface area (Å²) in [7, 11) is 4.09. The molecule has 3 nitrogen and oxygen atoms in total. The lowest BCUT2D eigenvalue weighted by atomic mass is 10.2. The molecular weight excluding hydrogens is 222 g/mol. The van der Waals surface area contributed by atoms with Crippen molar-refractivity contribution in [3.8, 4) is 11.4 Å². The standard InChI is InChI=1S/C15H15N3/c1-17(2)13-8-5-6-12(10-13)15-16-11-14-7-3-4-9-18(14)15/h3-11H,1-2H3. The predicted molar refractivity (Wildman–Crippen MR) is 75.0 cm³/mol. The number of hydrogen-bond donors (Lipinski definition) is 0. The topological polar surface area (TPSA) is 20.5 Å². The molecule has 0 aliphatic carbocycles. The average molecular weight is 237 g/mol. The van der Waals surface area contributed by atoms with E-state index in [4.69, 9.17) is 0 Å². The Bertz CT molecular complexity index is 683. The van der Waals surface area contributed by atoms with Gasteiger partial charge in [0.25, 0.3) is 0 Å².